The van der Waals surface area contributed by atoms with Gasteiger partial charge in [-0.1, -0.05) is 42.0 Å². The summed E-state index contributed by atoms with van der Waals surface area (Å²) in [6.45, 7) is 3.09. The van der Waals surface area contributed by atoms with Crippen LogP contribution in [0.3, 0.4) is 0 Å². The largest absolute Gasteiger partial charge is 0.497 e. The van der Waals surface area contributed by atoms with Crippen molar-refractivity contribution in [2.75, 3.05) is 13.8 Å². The number of hydrogen-bond donors (Lipinski definition) is 0. The summed E-state index contributed by atoms with van der Waals surface area (Å²) >= 11 is 0. The smallest absolute Gasteiger partial charge is 0.450 e. The highest BCUT2D eigenvalue weighted by Crippen LogP contribution is 2.40. The Hall–Kier alpha value is -3.78. The molecule has 5 rings (SSSR count). The molecular weight excluding hydrogens is 459 g/mol. The Balaban J connectivity index is 1.62. The van der Waals surface area contributed by atoms with Crippen LogP contribution in [0.2, 0.25) is 0 Å². The maximum absolute atomic E-state index is 14.1. The minimum atomic E-state index is -4.87. The van der Waals surface area contributed by atoms with E-state index in [9.17, 15) is 18.0 Å². The molecule has 180 valence electrons. The Bertz CT molecular complexity index is 1440. The molecule has 1 aliphatic heterocycles. The molecule has 0 saturated carbocycles. The molecule has 0 unspecified atom stereocenters. The fourth-order valence-electron chi connectivity index (χ4n) is 4.28. The van der Waals surface area contributed by atoms with Crippen molar-refractivity contribution in [3.63, 3.8) is 0 Å². The molecule has 0 N–H and O–H groups in total. The van der Waals surface area contributed by atoms with Crippen LogP contribution in [0.15, 0.2) is 69.9 Å². The number of aryl methyl sites for hydroxylation is 1. The minimum absolute atomic E-state index is 0.0725. The van der Waals surface area contributed by atoms with Crippen LogP contribution < -0.4 is 14.9 Å². The highest BCUT2D eigenvalue weighted by molar-refractivity contribution is 5.87. The number of alkyl halides is 3. The molecule has 0 atom stereocenters. The molecule has 1 aliphatic rings. The summed E-state index contributed by atoms with van der Waals surface area (Å²) in [5.74, 6) is -0.456. The number of methoxy groups -OCH3 is 1. The Morgan fingerprint density at radius 2 is 1.71 bits per heavy atom. The van der Waals surface area contributed by atoms with Crippen molar-refractivity contribution in [3.8, 4) is 22.6 Å². The normalized spacial score (nSPS) is 14.0. The Kier molecular flexibility index (Phi) is 5.76. The first-order chi connectivity index (χ1) is 16.7. The topological polar surface area (TPSA) is 51.9 Å². The molecule has 2 heterocycles. The highest BCUT2D eigenvalue weighted by atomic mass is 19.4. The van der Waals surface area contributed by atoms with Crippen LogP contribution in [-0.4, -0.2) is 18.7 Å². The molecule has 0 aliphatic carbocycles. The van der Waals surface area contributed by atoms with E-state index in [0.29, 0.717) is 23.6 Å². The zero-order valence-electron chi connectivity index (χ0n) is 19.1. The molecule has 0 amide bonds. The lowest BCUT2D eigenvalue weighted by atomic mass is 9.99. The van der Waals surface area contributed by atoms with E-state index in [1.54, 1.807) is 6.07 Å². The second-order valence-electron chi connectivity index (χ2n) is 8.53. The number of hydrogen-bond acceptors (Lipinski definition) is 5. The zero-order valence-corrected chi connectivity index (χ0v) is 19.1. The SMILES string of the molecule is COc1ccc(-c2c(C(F)(F)F)oc3c4c(ccc3c2=O)OCN(Cc2ccc(C)cc2)C4)cc1. The quantitative estimate of drug-likeness (QED) is 0.350. The van der Waals surface area contributed by atoms with Crippen molar-refractivity contribution >= 4 is 11.0 Å². The molecule has 3 aromatic carbocycles. The van der Waals surface area contributed by atoms with Crippen LogP contribution in [0.1, 0.15) is 22.5 Å². The Labute approximate surface area is 199 Å². The van der Waals surface area contributed by atoms with Gasteiger partial charge in [0.25, 0.3) is 0 Å². The standard InChI is InChI=1S/C27H22F3NO4/c1-16-3-5-17(6-4-16)13-31-14-21-22(34-15-31)12-11-20-24(32)23(18-7-9-19(33-2)10-8-18)26(27(28,29)30)35-25(20)21/h3-12H,13-15H2,1-2H3. The van der Waals surface area contributed by atoms with Gasteiger partial charge in [-0.3, -0.25) is 9.69 Å². The monoisotopic (exact) mass is 481 g/mol. The molecule has 0 radical (unpaired) electrons. The van der Waals surface area contributed by atoms with Gasteiger partial charge in [0, 0.05) is 13.1 Å². The summed E-state index contributed by atoms with van der Waals surface area (Å²) in [6, 6.07) is 16.9. The fourth-order valence-corrected chi connectivity index (χ4v) is 4.28. The summed E-state index contributed by atoms with van der Waals surface area (Å²) < 4.78 is 58.7. The summed E-state index contributed by atoms with van der Waals surface area (Å²) in [7, 11) is 1.45. The van der Waals surface area contributed by atoms with Crippen molar-refractivity contribution in [1.29, 1.82) is 0 Å². The maximum Gasteiger partial charge on any atom is 0.450 e. The molecule has 35 heavy (non-hydrogen) atoms. The molecule has 8 heteroatoms. The second kappa shape index (κ2) is 8.78. The lowest BCUT2D eigenvalue weighted by Crippen LogP contribution is -2.32. The van der Waals surface area contributed by atoms with Crippen molar-refractivity contribution in [2.45, 2.75) is 26.2 Å². The predicted molar refractivity (Wildman–Crippen MR) is 125 cm³/mol. The van der Waals surface area contributed by atoms with Crippen LogP contribution in [0.5, 0.6) is 11.5 Å². The average molecular weight is 481 g/mol. The molecule has 5 nitrogen and oxygen atoms in total. The van der Waals surface area contributed by atoms with Gasteiger partial charge in [-0.15, -0.1) is 0 Å². The zero-order chi connectivity index (χ0) is 24.7. The van der Waals surface area contributed by atoms with Gasteiger partial charge in [0.1, 0.15) is 23.8 Å². The molecule has 0 saturated heterocycles. The van der Waals surface area contributed by atoms with E-state index in [0.717, 1.165) is 11.1 Å². The molecule has 0 fully saturated rings. The molecular formula is C27H22F3NO4. The van der Waals surface area contributed by atoms with Gasteiger partial charge >= 0.3 is 6.18 Å². The molecule has 4 aromatic rings. The van der Waals surface area contributed by atoms with E-state index in [4.69, 9.17) is 13.9 Å². The van der Waals surface area contributed by atoms with E-state index in [1.165, 1.54) is 37.4 Å². The van der Waals surface area contributed by atoms with Gasteiger partial charge < -0.3 is 13.9 Å². The molecule has 0 spiro atoms. The minimum Gasteiger partial charge on any atom is -0.497 e. The number of rotatable bonds is 4. The van der Waals surface area contributed by atoms with E-state index in [1.807, 2.05) is 36.1 Å². The Morgan fingerprint density at radius 1 is 1.00 bits per heavy atom. The summed E-state index contributed by atoms with van der Waals surface area (Å²) in [5.41, 5.74) is 1.32. The van der Waals surface area contributed by atoms with Crippen LogP contribution >= 0.6 is 0 Å². The average Bonchev–Trinajstić information content (AvgIpc) is 2.85. The van der Waals surface area contributed by atoms with Gasteiger partial charge in [0.05, 0.1) is 23.6 Å². The maximum atomic E-state index is 14.1. The third-order valence-corrected chi connectivity index (χ3v) is 6.07. The third kappa shape index (κ3) is 4.37. The summed E-state index contributed by atoms with van der Waals surface area (Å²) in [5, 5.41) is 0.0725. The van der Waals surface area contributed by atoms with Gasteiger partial charge in [-0.25, -0.2) is 0 Å². The molecule has 0 bridgehead atoms. The van der Waals surface area contributed by atoms with E-state index in [2.05, 4.69) is 0 Å². The van der Waals surface area contributed by atoms with E-state index < -0.39 is 22.9 Å². The highest BCUT2D eigenvalue weighted by Gasteiger charge is 2.40. The number of fused-ring (bicyclic) bond motifs is 3. The van der Waals surface area contributed by atoms with E-state index >= 15 is 0 Å². The van der Waals surface area contributed by atoms with Crippen molar-refractivity contribution < 1.29 is 27.1 Å². The predicted octanol–water partition coefficient (Wildman–Crippen LogP) is 6.15. The number of halogens is 3. The van der Waals surface area contributed by atoms with Crippen molar-refractivity contribution in [2.24, 2.45) is 0 Å². The van der Waals surface area contributed by atoms with Gasteiger partial charge in [-0.05, 0) is 42.3 Å². The lowest BCUT2D eigenvalue weighted by Gasteiger charge is -2.29. The lowest BCUT2D eigenvalue weighted by molar-refractivity contribution is -0.152. The van der Waals surface area contributed by atoms with Gasteiger partial charge in [-0.2, -0.15) is 13.2 Å². The van der Waals surface area contributed by atoms with Crippen LogP contribution in [0, 0.1) is 6.92 Å². The second-order valence-corrected chi connectivity index (χ2v) is 8.53. The van der Waals surface area contributed by atoms with Crippen LogP contribution in [-0.2, 0) is 19.3 Å². The third-order valence-electron chi connectivity index (χ3n) is 6.07. The van der Waals surface area contributed by atoms with E-state index in [-0.39, 0.29) is 29.8 Å². The first kappa shape index (κ1) is 23.0. The first-order valence-corrected chi connectivity index (χ1v) is 11.0. The Morgan fingerprint density at radius 3 is 2.37 bits per heavy atom. The number of benzene rings is 3. The van der Waals surface area contributed by atoms with Crippen LogP contribution in [0.4, 0.5) is 13.2 Å². The van der Waals surface area contributed by atoms with Crippen molar-refractivity contribution in [3.05, 3.63) is 93.3 Å². The van der Waals surface area contributed by atoms with Crippen molar-refractivity contribution in [1.82, 2.24) is 4.90 Å². The van der Waals surface area contributed by atoms with Crippen LogP contribution in [0.25, 0.3) is 22.1 Å². The fraction of sp³-hybridized carbons (Fsp3) is 0.222. The number of ether oxygens (including phenoxy) is 2. The van der Waals surface area contributed by atoms with Gasteiger partial charge in [0.2, 0.25) is 11.2 Å². The summed E-state index contributed by atoms with van der Waals surface area (Å²) in [4.78, 5) is 15.3. The summed E-state index contributed by atoms with van der Waals surface area (Å²) in [6.07, 6.45) is -4.87. The number of nitrogens with zero attached hydrogens (tertiary/aromatic N) is 1. The first-order valence-electron chi connectivity index (χ1n) is 11.0. The molecule has 1 aromatic heterocycles. The van der Waals surface area contributed by atoms with Gasteiger partial charge in [0.15, 0.2) is 0 Å².